The maximum absolute atomic E-state index is 10.0. The molecule has 118 valence electrons. The van der Waals surface area contributed by atoms with E-state index in [9.17, 15) is 5.11 Å². The van der Waals surface area contributed by atoms with Gasteiger partial charge in [0.05, 0.1) is 10.0 Å². The Morgan fingerprint density at radius 2 is 2.05 bits per heavy atom. The number of hydrogen-bond acceptors (Lipinski definition) is 3. The van der Waals surface area contributed by atoms with Crippen molar-refractivity contribution in [3.8, 4) is 5.75 Å². The molecule has 5 heteroatoms. The van der Waals surface area contributed by atoms with E-state index in [2.05, 4.69) is 19.2 Å². The first kappa shape index (κ1) is 16.9. The Hall–Kier alpha value is -0.480. The molecule has 1 saturated carbocycles. The number of aliphatic hydroxyl groups is 1. The summed E-state index contributed by atoms with van der Waals surface area (Å²) in [4.78, 5) is 0. The van der Waals surface area contributed by atoms with Gasteiger partial charge in [-0.1, -0.05) is 43.1 Å². The average Bonchev–Trinajstić information content (AvgIpc) is 2.75. The van der Waals surface area contributed by atoms with Crippen molar-refractivity contribution in [2.45, 2.75) is 45.3 Å². The zero-order valence-corrected chi connectivity index (χ0v) is 14.0. The number of benzene rings is 1. The first-order chi connectivity index (χ1) is 9.87. The molecule has 0 saturated heterocycles. The monoisotopic (exact) mass is 331 g/mol. The predicted molar refractivity (Wildman–Crippen MR) is 87.4 cm³/mol. The van der Waals surface area contributed by atoms with Crippen LogP contribution in [0.25, 0.3) is 0 Å². The van der Waals surface area contributed by atoms with E-state index in [4.69, 9.17) is 27.9 Å². The second kappa shape index (κ2) is 7.19. The SMILES string of the molecule is CC1(C)CCC(NCC(O)COc2c(Cl)cccc2Cl)C1. The second-order valence-electron chi connectivity index (χ2n) is 6.53. The molecule has 0 bridgehead atoms. The largest absolute Gasteiger partial charge is 0.488 e. The van der Waals surface area contributed by atoms with Gasteiger partial charge in [-0.25, -0.2) is 0 Å². The summed E-state index contributed by atoms with van der Waals surface area (Å²) in [5.41, 5.74) is 0.407. The number of rotatable bonds is 6. The number of para-hydroxylation sites is 1. The van der Waals surface area contributed by atoms with Crippen molar-refractivity contribution in [3.63, 3.8) is 0 Å². The number of hydrogen-bond donors (Lipinski definition) is 2. The van der Waals surface area contributed by atoms with Crippen LogP contribution in [0, 0.1) is 5.41 Å². The Kier molecular flexibility index (Phi) is 5.78. The molecule has 1 aliphatic rings. The fourth-order valence-corrected chi connectivity index (χ4v) is 3.28. The van der Waals surface area contributed by atoms with Crippen LogP contribution in [0.2, 0.25) is 10.0 Å². The van der Waals surface area contributed by atoms with Crippen LogP contribution in [0.3, 0.4) is 0 Å². The minimum atomic E-state index is -0.582. The van der Waals surface area contributed by atoms with E-state index in [0.29, 0.717) is 33.8 Å². The quantitative estimate of drug-likeness (QED) is 0.830. The number of aliphatic hydroxyl groups excluding tert-OH is 1. The highest BCUT2D eigenvalue weighted by atomic mass is 35.5. The molecule has 0 amide bonds. The first-order valence-corrected chi connectivity index (χ1v) is 8.11. The maximum Gasteiger partial charge on any atom is 0.156 e. The van der Waals surface area contributed by atoms with E-state index >= 15 is 0 Å². The van der Waals surface area contributed by atoms with Crippen LogP contribution in [0.5, 0.6) is 5.75 Å². The van der Waals surface area contributed by atoms with Crippen molar-refractivity contribution in [1.82, 2.24) is 5.32 Å². The van der Waals surface area contributed by atoms with Gasteiger partial charge in [0.15, 0.2) is 5.75 Å². The molecule has 2 rings (SSSR count). The highest BCUT2D eigenvalue weighted by Gasteiger charge is 2.30. The third-order valence-corrected chi connectivity index (χ3v) is 4.54. The summed E-state index contributed by atoms with van der Waals surface area (Å²) in [6.45, 7) is 5.26. The zero-order chi connectivity index (χ0) is 15.5. The van der Waals surface area contributed by atoms with Gasteiger partial charge in [-0.2, -0.15) is 0 Å². The molecule has 0 radical (unpaired) electrons. The fourth-order valence-electron chi connectivity index (χ4n) is 2.77. The lowest BCUT2D eigenvalue weighted by molar-refractivity contribution is 0.103. The molecule has 0 aromatic heterocycles. The summed E-state index contributed by atoms with van der Waals surface area (Å²) in [6.07, 6.45) is 2.96. The van der Waals surface area contributed by atoms with Gasteiger partial charge in [-0.15, -0.1) is 0 Å². The molecule has 2 N–H and O–H groups in total. The van der Waals surface area contributed by atoms with Crippen LogP contribution in [-0.2, 0) is 0 Å². The summed E-state index contributed by atoms with van der Waals surface area (Å²) >= 11 is 12.0. The number of halogens is 2. The van der Waals surface area contributed by atoms with Crippen LogP contribution >= 0.6 is 23.2 Å². The number of nitrogens with one attached hydrogen (secondary N) is 1. The minimum Gasteiger partial charge on any atom is -0.488 e. The predicted octanol–water partition coefficient (Wildman–Crippen LogP) is 3.90. The van der Waals surface area contributed by atoms with Gasteiger partial charge in [0.25, 0.3) is 0 Å². The van der Waals surface area contributed by atoms with Gasteiger partial charge < -0.3 is 15.2 Å². The van der Waals surface area contributed by atoms with E-state index in [-0.39, 0.29) is 6.61 Å². The minimum absolute atomic E-state index is 0.173. The second-order valence-corrected chi connectivity index (χ2v) is 7.34. The van der Waals surface area contributed by atoms with Gasteiger partial charge in [-0.05, 0) is 36.8 Å². The molecule has 0 heterocycles. The molecular weight excluding hydrogens is 309 g/mol. The van der Waals surface area contributed by atoms with Gasteiger partial charge in [0.2, 0.25) is 0 Å². The average molecular weight is 332 g/mol. The standard InChI is InChI=1S/C16H23Cl2NO2/c1-16(2)7-6-11(8-16)19-9-12(20)10-21-15-13(17)4-3-5-14(15)18/h3-5,11-12,19-20H,6-10H2,1-2H3. The highest BCUT2D eigenvalue weighted by Crippen LogP contribution is 2.37. The van der Waals surface area contributed by atoms with E-state index in [0.717, 1.165) is 12.8 Å². The van der Waals surface area contributed by atoms with Crippen molar-refractivity contribution in [1.29, 1.82) is 0 Å². The van der Waals surface area contributed by atoms with Crippen molar-refractivity contribution in [2.75, 3.05) is 13.2 Å². The summed E-state index contributed by atoms with van der Waals surface area (Å²) in [7, 11) is 0. The molecule has 21 heavy (non-hydrogen) atoms. The van der Waals surface area contributed by atoms with Gasteiger partial charge in [0, 0.05) is 12.6 Å². The van der Waals surface area contributed by atoms with Gasteiger partial charge in [0.1, 0.15) is 12.7 Å². The van der Waals surface area contributed by atoms with Crippen molar-refractivity contribution < 1.29 is 9.84 Å². The fraction of sp³-hybridized carbons (Fsp3) is 0.625. The molecule has 1 aromatic carbocycles. The molecule has 1 fully saturated rings. The smallest absolute Gasteiger partial charge is 0.156 e. The Balaban J connectivity index is 1.74. The topological polar surface area (TPSA) is 41.5 Å². The van der Waals surface area contributed by atoms with E-state index in [1.165, 1.54) is 6.42 Å². The molecule has 1 aliphatic carbocycles. The van der Waals surface area contributed by atoms with Gasteiger partial charge in [-0.3, -0.25) is 0 Å². The van der Waals surface area contributed by atoms with E-state index in [1.54, 1.807) is 18.2 Å². The molecule has 1 aromatic rings. The van der Waals surface area contributed by atoms with Crippen molar-refractivity contribution in [3.05, 3.63) is 28.2 Å². The summed E-state index contributed by atoms with van der Waals surface area (Å²) < 4.78 is 5.53. The Morgan fingerprint density at radius 1 is 1.38 bits per heavy atom. The summed E-state index contributed by atoms with van der Waals surface area (Å²) in [5.74, 6) is 0.432. The van der Waals surface area contributed by atoms with Crippen molar-refractivity contribution in [2.24, 2.45) is 5.41 Å². The lowest BCUT2D eigenvalue weighted by Crippen LogP contribution is -2.37. The van der Waals surface area contributed by atoms with Crippen molar-refractivity contribution >= 4 is 23.2 Å². The van der Waals surface area contributed by atoms with Crippen LogP contribution in [0.1, 0.15) is 33.1 Å². The number of ether oxygens (including phenoxy) is 1. The molecule has 0 spiro atoms. The lowest BCUT2D eigenvalue weighted by atomic mass is 9.92. The molecular formula is C16H23Cl2NO2. The summed E-state index contributed by atoms with van der Waals surface area (Å²) in [6, 6.07) is 5.68. The Labute approximate surface area is 136 Å². The third kappa shape index (κ3) is 5.03. The maximum atomic E-state index is 10.0. The molecule has 2 atom stereocenters. The van der Waals surface area contributed by atoms with Crippen LogP contribution in [-0.4, -0.2) is 30.4 Å². The van der Waals surface area contributed by atoms with E-state index < -0.39 is 6.10 Å². The van der Waals surface area contributed by atoms with Crippen LogP contribution < -0.4 is 10.1 Å². The normalized spacial score (nSPS) is 22.2. The lowest BCUT2D eigenvalue weighted by Gasteiger charge is -2.20. The summed E-state index contributed by atoms with van der Waals surface area (Å²) in [5, 5.41) is 14.3. The Bertz CT molecular complexity index is 459. The molecule has 2 unspecified atom stereocenters. The first-order valence-electron chi connectivity index (χ1n) is 7.36. The molecule has 3 nitrogen and oxygen atoms in total. The van der Waals surface area contributed by atoms with Crippen LogP contribution in [0.4, 0.5) is 0 Å². The van der Waals surface area contributed by atoms with Crippen LogP contribution in [0.15, 0.2) is 18.2 Å². The highest BCUT2D eigenvalue weighted by molar-refractivity contribution is 6.37. The third-order valence-electron chi connectivity index (χ3n) is 3.95. The Morgan fingerprint density at radius 3 is 2.62 bits per heavy atom. The van der Waals surface area contributed by atoms with E-state index in [1.807, 2.05) is 0 Å². The zero-order valence-electron chi connectivity index (χ0n) is 12.5. The van der Waals surface area contributed by atoms with Gasteiger partial charge >= 0.3 is 0 Å². The molecule has 0 aliphatic heterocycles.